The third-order valence-electron chi connectivity index (χ3n) is 3.09. The summed E-state index contributed by atoms with van der Waals surface area (Å²) in [5.74, 6) is -1.21. The first kappa shape index (κ1) is 14.5. The molecule has 6 heteroatoms. The van der Waals surface area contributed by atoms with Crippen molar-refractivity contribution in [1.82, 2.24) is 0 Å². The fourth-order valence-corrected chi connectivity index (χ4v) is 1.73. The lowest BCUT2D eigenvalue weighted by Crippen LogP contribution is -2.40. The second-order valence-electron chi connectivity index (χ2n) is 4.29. The van der Waals surface area contributed by atoms with E-state index in [0.717, 1.165) is 12.1 Å². The van der Waals surface area contributed by atoms with Crippen molar-refractivity contribution in [3.8, 4) is 0 Å². The Balaban J connectivity index is 3.47. The van der Waals surface area contributed by atoms with Gasteiger partial charge in [0, 0.05) is 0 Å². The maximum absolute atomic E-state index is 12.7. The SMILES string of the molecule is Cc1c(C(=O)O)ccc(C(C)(O)C(F)(F)F)c1C. The van der Waals surface area contributed by atoms with Crippen LogP contribution in [0.4, 0.5) is 13.2 Å². The molecule has 0 aliphatic heterocycles. The van der Waals surface area contributed by atoms with Gasteiger partial charge in [0.05, 0.1) is 5.56 Å². The van der Waals surface area contributed by atoms with Crippen LogP contribution in [0.5, 0.6) is 0 Å². The van der Waals surface area contributed by atoms with Gasteiger partial charge in [-0.3, -0.25) is 0 Å². The molecule has 3 nitrogen and oxygen atoms in total. The number of carboxylic acid groups (broad SMARTS) is 1. The molecule has 1 aromatic carbocycles. The van der Waals surface area contributed by atoms with Gasteiger partial charge in [-0.15, -0.1) is 0 Å². The van der Waals surface area contributed by atoms with E-state index in [4.69, 9.17) is 5.11 Å². The van der Waals surface area contributed by atoms with Crippen molar-refractivity contribution >= 4 is 5.97 Å². The first-order valence-corrected chi connectivity index (χ1v) is 5.13. The fourth-order valence-electron chi connectivity index (χ4n) is 1.73. The number of hydrogen-bond acceptors (Lipinski definition) is 2. The molecule has 1 aromatic rings. The summed E-state index contributed by atoms with van der Waals surface area (Å²) >= 11 is 0. The van der Waals surface area contributed by atoms with Gasteiger partial charge in [0.15, 0.2) is 5.60 Å². The second-order valence-corrected chi connectivity index (χ2v) is 4.29. The number of benzene rings is 1. The van der Waals surface area contributed by atoms with Crippen LogP contribution in [-0.2, 0) is 5.60 Å². The Kier molecular flexibility index (Phi) is 3.44. The molecular formula is C12H13F3O3. The maximum Gasteiger partial charge on any atom is 0.421 e. The lowest BCUT2D eigenvalue weighted by atomic mass is 9.87. The van der Waals surface area contributed by atoms with E-state index in [1.54, 1.807) is 0 Å². The number of carbonyl (C=O) groups is 1. The van der Waals surface area contributed by atoms with E-state index in [1.165, 1.54) is 13.8 Å². The van der Waals surface area contributed by atoms with E-state index in [-0.39, 0.29) is 22.3 Å². The number of carboxylic acids is 1. The zero-order chi connectivity index (χ0) is 14.3. The minimum Gasteiger partial charge on any atom is -0.478 e. The van der Waals surface area contributed by atoms with Crippen molar-refractivity contribution in [2.24, 2.45) is 0 Å². The molecule has 1 atom stereocenters. The third kappa shape index (κ3) is 2.20. The first-order valence-electron chi connectivity index (χ1n) is 5.13. The van der Waals surface area contributed by atoms with Gasteiger partial charge in [-0.05, 0) is 43.5 Å². The van der Waals surface area contributed by atoms with E-state index < -0.39 is 17.7 Å². The Labute approximate surface area is 102 Å². The predicted molar refractivity (Wildman–Crippen MR) is 58.5 cm³/mol. The highest BCUT2D eigenvalue weighted by Gasteiger charge is 2.51. The zero-order valence-electron chi connectivity index (χ0n) is 10.1. The van der Waals surface area contributed by atoms with Gasteiger partial charge < -0.3 is 10.2 Å². The van der Waals surface area contributed by atoms with E-state index in [0.29, 0.717) is 6.92 Å². The van der Waals surface area contributed by atoms with Crippen LogP contribution in [-0.4, -0.2) is 22.4 Å². The molecule has 0 saturated heterocycles. The van der Waals surface area contributed by atoms with Crippen molar-refractivity contribution < 1.29 is 28.2 Å². The summed E-state index contributed by atoms with van der Waals surface area (Å²) in [7, 11) is 0. The molecule has 0 fully saturated rings. The molecule has 0 aromatic heterocycles. The quantitative estimate of drug-likeness (QED) is 0.861. The van der Waals surface area contributed by atoms with Crippen molar-refractivity contribution in [3.63, 3.8) is 0 Å². The average Bonchev–Trinajstić information content (AvgIpc) is 2.19. The predicted octanol–water partition coefficient (Wildman–Crippen LogP) is 2.77. The summed E-state index contributed by atoms with van der Waals surface area (Å²) in [4.78, 5) is 10.8. The Morgan fingerprint density at radius 2 is 1.67 bits per heavy atom. The van der Waals surface area contributed by atoms with Crippen LogP contribution in [0.25, 0.3) is 0 Å². The Bertz CT molecular complexity index is 490. The van der Waals surface area contributed by atoms with Gasteiger partial charge in [-0.2, -0.15) is 13.2 Å². The molecule has 18 heavy (non-hydrogen) atoms. The van der Waals surface area contributed by atoms with Crippen molar-refractivity contribution in [1.29, 1.82) is 0 Å². The second kappa shape index (κ2) is 4.28. The van der Waals surface area contributed by atoms with Crippen LogP contribution in [0, 0.1) is 13.8 Å². The first-order chi connectivity index (χ1) is 8.00. The number of hydrogen-bond donors (Lipinski definition) is 2. The molecule has 1 rings (SSSR count). The average molecular weight is 262 g/mol. The lowest BCUT2D eigenvalue weighted by molar-refractivity contribution is -0.259. The van der Waals surface area contributed by atoms with Gasteiger partial charge >= 0.3 is 12.1 Å². The molecule has 100 valence electrons. The Hall–Kier alpha value is -1.56. The summed E-state index contributed by atoms with van der Waals surface area (Å²) in [6.07, 6.45) is -4.82. The monoisotopic (exact) mass is 262 g/mol. The topological polar surface area (TPSA) is 57.5 Å². The van der Waals surface area contributed by atoms with Crippen molar-refractivity contribution in [3.05, 3.63) is 34.4 Å². The minimum absolute atomic E-state index is 0.0748. The Morgan fingerprint density at radius 1 is 1.17 bits per heavy atom. The molecule has 0 radical (unpaired) electrons. The van der Waals surface area contributed by atoms with Crippen LogP contribution < -0.4 is 0 Å². The molecule has 0 saturated carbocycles. The third-order valence-corrected chi connectivity index (χ3v) is 3.09. The maximum atomic E-state index is 12.7. The summed E-state index contributed by atoms with van der Waals surface area (Å²) in [5, 5.41) is 18.4. The smallest absolute Gasteiger partial charge is 0.421 e. The Morgan fingerprint density at radius 3 is 2.06 bits per heavy atom. The minimum atomic E-state index is -4.82. The van der Waals surface area contributed by atoms with E-state index in [1.807, 2.05) is 0 Å². The van der Waals surface area contributed by atoms with Crippen LogP contribution in [0.3, 0.4) is 0 Å². The van der Waals surface area contributed by atoms with Crippen molar-refractivity contribution in [2.45, 2.75) is 32.5 Å². The van der Waals surface area contributed by atoms with Gasteiger partial charge in [0.2, 0.25) is 0 Å². The highest BCUT2D eigenvalue weighted by atomic mass is 19.4. The molecule has 0 heterocycles. The molecule has 0 aliphatic rings. The van der Waals surface area contributed by atoms with E-state index >= 15 is 0 Å². The number of rotatable bonds is 2. The molecule has 2 N–H and O–H groups in total. The van der Waals surface area contributed by atoms with Crippen molar-refractivity contribution in [2.75, 3.05) is 0 Å². The molecule has 0 aliphatic carbocycles. The summed E-state index contributed by atoms with van der Waals surface area (Å²) in [6, 6.07) is 2.07. The largest absolute Gasteiger partial charge is 0.478 e. The number of alkyl halides is 3. The van der Waals surface area contributed by atoms with Gasteiger partial charge in [0.1, 0.15) is 0 Å². The number of halogens is 3. The highest BCUT2D eigenvalue weighted by molar-refractivity contribution is 5.89. The molecule has 0 amide bonds. The number of aromatic carboxylic acids is 1. The van der Waals surface area contributed by atoms with Crippen LogP contribution in [0.1, 0.15) is 34.0 Å². The van der Waals surface area contributed by atoms with Gasteiger partial charge in [-0.25, -0.2) is 4.79 Å². The van der Waals surface area contributed by atoms with Gasteiger partial charge in [0.25, 0.3) is 0 Å². The number of aliphatic hydroxyl groups is 1. The molecule has 0 spiro atoms. The van der Waals surface area contributed by atoms with Crippen LogP contribution in [0.2, 0.25) is 0 Å². The summed E-state index contributed by atoms with van der Waals surface area (Å²) < 4.78 is 38.2. The standard InChI is InChI=1S/C12H13F3O3/c1-6-7(2)9(5-4-8(6)10(16)17)11(3,18)12(13,14)15/h4-5,18H,1-3H3,(H,16,17). The molecule has 1 unspecified atom stereocenters. The van der Waals surface area contributed by atoms with Crippen LogP contribution >= 0.6 is 0 Å². The summed E-state index contributed by atoms with van der Waals surface area (Å²) in [5.41, 5.74) is -3.08. The van der Waals surface area contributed by atoms with E-state index in [9.17, 15) is 23.1 Å². The fraction of sp³-hybridized carbons (Fsp3) is 0.417. The normalized spacial score (nSPS) is 15.3. The molecular weight excluding hydrogens is 249 g/mol. The molecule has 0 bridgehead atoms. The summed E-state index contributed by atoms with van der Waals surface area (Å²) in [6.45, 7) is 3.42. The zero-order valence-corrected chi connectivity index (χ0v) is 10.1. The van der Waals surface area contributed by atoms with E-state index in [2.05, 4.69) is 0 Å². The van der Waals surface area contributed by atoms with Gasteiger partial charge in [-0.1, -0.05) is 6.07 Å². The highest BCUT2D eigenvalue weighted by Crippen LogP contribution is 2.40. The lowest BCUT2D eigenvalue weighted by Gasteiger charge is -2.29. The van der Waals surface area contributed by atoms with Crippen LogP contribution in [0.15, 0.2) is 12.1 Å².